The summed E-state index contributed by atoms with van der Waals surface area (Å²) in [6.07, 6.45) is 0. The molecule has 0 saturated carbocycles. The van der Waals surface area contributed by atoms with Gasteiger partial charge in [-0.25, -0.2) is 4.79 Å². The van der Waals surface area contributed by atoms with Gasteiger partial charge in [-0.3, -0.25) is 0 Å². The minimum Gasteiger partial charge on any atom is -0.457 e. The van der Waals surface area contributed by atoms with Crippen LogP contribution in [0, 0.1) is 13.8 Å². The van der Waals surface area contributed by atoms with E-state index in [1.807, 2.05) is 25.1 Å². The summed E-state index contributed by atoms with van der Waals surface area (Å²) in [5.74, 6) is -0.335. The second-order valence-corrected chi connectivity index (χ2v) is 4.62. The van der Waals surface area contributed by atoms with Crippen molar-refractivity contribution in [3.63, 3.8) is 0 Å². The van der Waals surface area contributed by atoms with Gasteiger partial charge in [0.05, 0.1) is 5.56 Å². The largest absolute Gasteiger partial charge is 0.457 e. The summed E-state index contributed by atoms with van der Waals surface area (Å²) in [7, 11) is 0. The molecule has 0 aliphatic heterocycles. The Morgan fingerprint density at radius 3 is 2.37 bits per heavy atom. The van der Waals surface area contributed by atoms with Crippen LogP contribution < -0.4 is 5.73 Å². The average molecular weight is 255 g/mol. The average Bonchev–Trinajstić information content (AvgIpc) is 2.40. The van der Waals surface area contributed by atoms with E-state index in [1.54, 1.807) is 24.3 Å². The number of hydrogen-bond acceptors (Lipinski definition) is 3. The number of hydrogen-bond donors (Lipinski definition) is 1. The van der Waals surface area contributed by atoms with Crippen molar-refractivity contribution in [2.75, 3.05) is 5.73 Å². The molecule has 0 heterocycles. The molecule has 0 radical (unpaired) electrons. The predicted octanol–water partition coefficient (Wildman–Crippen LogP) is 3.24. The molecule has 3 heteroatoms. The van der Waals surface area contributed by atoms with Crippen LogP contribution in [0.4, 0.5) is 5.69 Å². The first-order chi connectivity index (χ1) is 9.06. The molecule has 2 aromatic rings. The van der Waals surface area contributed by atoms with Crippen molar-refractivity contribution >= 4 is 11.7 Å². The first-order valence-corrected chi connectivity index (χ1v) is 6.15. The maximum Gasteiger partial charge on any atom is 0.338 e. The van der Waals surface area contributed by atoms with Crippen LogP contribution in [0.1, 0.15) is 27.0 Å². The highest BCUT2D eigenvalue weighted by Crippen LogP contribution is 2.12. The summed E-state index contributed by atoms with van der Waals surface area (Å²) >= 11 is 0. The van der Waals surface area contributed by atoms with Crippen molar-refractivity contribution < 1.29 is 9.53 Å². The first-order valence-electron chi connectivity index (χ1n) is 6.15. The van der Waals surface area contributed by atoms with Crippen LogP contribution >= 0.6 is 0 Å². The minimum absolute atomic E-state index is 0.282. The zero-order valence-electron chi connectivity index (χ0n) is 11.1. The van der Waals surface area contributed by atoms with Gasteiger partial charge in [0.15, 0.2) is 0 Å². The molecular weight excluding hydrogens is 238 g/mol. The normalized spacial score (nSPS) is 10.2. The van der Waals surface area contributed by atoms with Gasteiger partial charge >= 0.3 is 5.97 Å². The minimum atomic E-state index is -0.335. The summed E-state index contributed by atoms with van der Waals surface area (Å²) in [5, 5.41) is 0. The SMILES string of the molecule is Cc1ccc(COC(=O)c2ccc(N)cc2)cc1C. The summed E-state index contributed by atoms with van der Waals surface area (Å²) in [6, 6.07) is 12.7. The van der Waals surface area contributed by atoms with Crippen molar-refractivity contribution in [2.24, 2.45) is 0 Å². The molecule has 3 nitrogen and oxygen atoms in total. The highest BCUT2D eigenvalue weighted by atomic mass is 16.5. The van der Waals surface area contributed by atoms with Gasteiger partial charge in [0.2, 0.25) is 0 Å². The number of anilines is 1. The molecule has 2 aromatic carbocycles. The maximum absolute atomic E-state index is 11.8. The third-order valence-electron chi connectivity index (χ3n) is 3.09. The smallest absolute Gasteiger partial charge is 0.338 e. The van der Waals surface area contributed by atoms with Crippen molar-refractivity contribution in [3.8, 4) is 0 Å². The lowest BCUT2D eigenvalue weighted by Crippen LogP contribution is -2.05. The standard InChI is InChI=1S/C16H17NO2/c1-11-3-4-13(9-12(11)2)10-19-16(18)14-5-7-15(17)8-6-14/h3-9H,10,17H2,1-2H3. The molecule has 0 atom stereocenters. The molecule has 2 N–H and O–H groups in total. The Bertz CT molecular complexity index is 588. The quantitative estimate of drug-likeness (QED) is 0.676. The Morgan fingerprint density at radius 1 is 1.05 bits per heavy atom. The fourth-order valence-electron chi connectivity index (χ4n) is 1.74. The second-order valence-electron chi connectivity index (χ2n) is 4.62. The lowest BCUT2D eigenvalue weighted by Gasteiger charge is -2.07. The topological polar surface area (TPSA) is 52.3 Å². The number of aryl methyl sites for hydroxylation is 2. The summed E-state index contributed by atoms with van der Waals surface area (Å²) in [5.41, 5.74) is 10.1. The zero-order chi connectivity index (χ0) is 13.8. The molecule has 0 saturated heterocycles. The molecule has 0 aliphatic carbocycles. The van der Waals surface area contributed by atoms with Crippen LogP contribution in [0.25, 0.3) is 0 Å². The number of carbonyl (C=O) groups excluding carboxylic acids is 1. The summed E-state index contributed by atoms with van der Waals surface area (Å²) in [6.45, 7) is 4.38. The van der Waals surface area contributed by atoms with Crippen molar-refractivity contribution in [1.29, 1.82) is 0 Å². The highest BCUT2D eigenvalue weighted by molar-refractivity contribution is 5.89. The van der Waals surface area contributed by atoms with Crippen LogP contribution in [-0.4, -0.2) is 5.97 Å². The van der Waals surface area contributed by atoms with E-state index < -0.39 is 0 Å². The molecule has 19 heavy (non-hydrogen) atoms. The van der Waals surface area contributed by atoms with E-state index in [-0.39, 0.29) is 12.6 Å². The maximum atomic E-state index is 11.8. The monoisotopic (exact) mass is 255 g/mol. The molecule has 0 amide bonds. The number of nitrogens with two attached hydrogens (primary N) is 1. The lowest BCUT2D eigenvalue weighted by atomic mass is 10.1. The van der Waals surface area contributed by atoms with E-state index in [0.29, 0.717) is 11.3 Å². The third kappa shape index (κ3) is 3.35. The van der Waals surface area contributed by atoms with E-state index in [4.69, 9.17) is 10.5 Å². The van der Waals surface area contributed by atoms with Gasteiger partial charge in [-0.1, -0.05) is 18.2 Å². The third-order valence-corrected chi connectivity index (χ3v) is 3.09. The van der Waals surface area contributed by atoms with Crippen LogP contribution in [-0.2, 0) is 11.3 Å². The van der Waals surface area contributed by atoms with E-state index in [0.717, 1.165) is 5.56 Å². The number of nitrogen functional groups attached to an aromatic ring is 1. The summed E-state index contributed by atoms with van der Waals surface area (Å²) < 4.78 is 5.27. The van der Waals surface area contributed by atoms with E-state index >= 15 is 0 Å². The fraction of sp³-hybridized carbons (Fsp3) is 0.188. The molecule has 98 valence electrons. The first kappa shape index (κ1) is 13.1. The van der Waals surface area contributed by atoms with Gasteiger partial charge in [0, 0.05) is 5.69 Å². The number of ether oxygens (including phenoxy) is 1. The van der Waals surface area contributed by atoms with Gasteiger partial charge in [0.1, 0.15) is 6.61 Å². The molecule has 2 rings (SSSR count). The number of carbonyl (C=O) groups is 1. The Kier molecular flexibility index (Phi) is 3.85. The summed E-state index contributed by atoms with van der Waals surface area (Å²) in [4.78, 5) is 11.8. The molecule has 0 spiro atoms. The van der Waals surface area contributed by atoms with Gasteiger partial charge in [-0.15, -0.1) is 0 Å². The van der Waals surface area contributed by atoms with E-state index in [2.05, 4.69) is 6.92 Å². The van der Waals surface area contributed by atoms with Gasteiger partial charge in [-0.2, -0.15) is 0 Å². The van der Waals surface area contributed by atoms with E-state index in [9.17, 15) is 4.79 Å². The molecule has 0 aliphatic rings. The second kappa shape index (κ2) is 5.57. The molecular formula is C16H17NO2. The van der Waals surface area contributed by atoms with Crippen molar-refractivity contribution in [1.82, 2.24) is 0 Å². The van der Waals surface area contributed by atoms with Crippen molar-refractivity contribution in [2.45, 2.75) is 20.5 Å². The van der Waals surface area contributed by atoms with Crippen LogP contribution in [0.15, 0.2) is 42.5 Å². The Morgan fingerprint density at radius 2 is 1.74 bits per heavy atom. The predicted molar refractivity (Wildman–Crippen MR) is 75.9 cm³/mol. The van der Waals surface area contributed by atoms with Crippen LogP contribution in [0.5, 0.6) is 0 Å². The van der Waals surface area contributed by atoms with Crippen LogP contribution in [0.3, 0.4) is 0 Å². The molecule has 0 fully saturated rings. The Hall–Kier alpha value is -2.29. The van der Waals surface area contributed by atoms with E-state index in [1.165, 1.54) is 11.1 Å². The molecule has 0 aromatic heterocycles. The van der Waals surface area contributed by atoms with Crippen LogP contribution in [0.2, 0.25) is 0 Å². The van der Waals surface area contributed by atoms with Gasteiger partial charge in [0.25, 0.3) is 0 Å². The zero-order valence-corrected chi connectivity index (χ0v) is 11.1. The molecule has 0 bridgehead atoms. The van der Waals surface area contributed by atoms with Gasteiger partial charge in [-0.05, 0) is 54.8 Å². The van der Waals surface area contributed by atoms with Gasteiger partial charge < -0.3 is 10.5 Å². The Labute approximate surface area is 113 Å². The Balaban J connectivity index is 2.00. The van der Waals surface area contributed by atoms with Crippen molar-refractivity contribution in [3.05, 3.63) is 64.7 Å². The number of rotatable bonds is 3. The number of esters is 1. The molecule has 0 unspecified atom stereocenters. The number of benzene rings is 2. The highest BCUT2D eigenvalue weighted by Gasteiger charge is 2.07. The lowest BCUT2D eigenvalue weighted by molar-refractivity contribution is 0.0472. The fourth-order valence-corrected chi connectivity index (χ4v) is 1.74.